The van der Waals surface area contributed by atoms with Crippen LogP contribution in [0.1, 0.15) is 13.3 Å². The molecule has 1 aromatic carbocycles. The zero-order chi connectivity index (χ0) is 11.8. The molecule has 2 heterocycles. The molecular weight excluding hydrogens is 212 g/mol. The van der Waals surface area contributed by atoms with E-state index >= 15 is 0 Å². The molecule has 0 bridgehead atoms. The minimum absolute atomic E-state index is 0.680. The summed E-state index contributed by atoms with van der Waals surface area (Å²) in [6.45, 7) is 2.86. The number of anilines is 1. The van der Waals surface area contributed by atoms with E-state index in [4.69, 9.17) is 5.73 Å². The van der Waals surface area contributed by atoms with Gasteiger partial charge in [0.25, 0.3) is 0 Å². The molecule has 2 N–H and O–H groups in total. The van der Waals surface area contributed by atoms with Gasteiger partial charge in [0, 0.05) is 11.3 Å². The van der Waals surface area contributed by atoms with Crippen LogP contribution in [0.3, 0.4) is 0 Å². The van der Waals surface area contributed by atoms with Crippen LogP contribution in [0.15, 0.2) is 35.3 Å². The quantitative estimate of drug-likeness (QED) is 0.855. The van der Waals surface area contributed by atoms with Crippen LogP contribution in [-0.4, -0.2) is 15.5 Å². The number of hydrogen-bond donors (Lipinski definition) is 1. The molecule has 2 aromatic rings. The molecule has 0 spiro atoms. The topological polar surface area (TPSA) is 56.2 Å². The molecule has 1 aliphatic heterocycles. The van der Waals surface area contributed by atoms with E-state index in [0.717, 1.165) is 35.8 Å². The van der Waals surface area contributed by atoms with Crippen molar-refractivity contribution < 1.29 is 0 Å². The molecule has 4 heteroatoms. The fourth-order valence-electron chi connectivity index (χ4n) is 2.05. The van der Waals surface area contributed by atoms with Gasteiger partial charge in [-0.3, -0.25) is 0 Å². The lowest BCUT2D eigenvalue weighted by Gasteiger charge is -1.98. The molecule has 3 rings (SSSR count). The summed E-state index contributed by atoms with van der Waals surface area (Å²) in [4.78, 5) is 4.51. The van der Waals surface area contributed by atoms with Crippen molar-refractivity contribution in [3.8, 4) is 11.3 Å². The van der Waals surface area contributed by atoms with E-state index in [0.29, 0.717) is 5.69 Å². The maximum absolute atomic E-state index is 6.11. The van der Waals surface area contributed by atoms with Crippen LogP contribution in [0, 0.1) is 0 Å². The molecule has 0 amide bonds. The Morgan fingerprint density at radius 1 is 1.29 bits per heavy atom. The van der Waals surface area contributed by atoms with Gasteiger partial charge in [0.2, 0.25) is 0 Å². The Hall–Kier alpha value is -2.10. The molecule has 0 atom stereocenters. The summed E-state index contributed by atoms with van der Waals surface area (Å²) in [7, 11) is 0. The first-order valence-electron chi connectivity index (χ1n) is 5.77. The predicted molar refractivity (Wildman–Crippen MR) is 69.5 cm³/mol. The largest absolute Gasteiger partial charge is 0.394 e. The van der Waals surface area contributed by atoms with Gasteiger partial charge in [-0.15, -0.1) is 0 Å². The summed E-state index contributed by atoms with van der Waals surface area (Å²) in [5.74, 6) is 0.806. The first kappa shape index (κ1) is 10.1. The Labute approximate surface area is 99.8 Å². The van der Waals surface area contributed by atoms with E-state index in [-0.39, 0.29) is 0 Å². The number of hydrogen-bond acceptors (Lipinski definition) is 3. The molecule has 1 aromatic heterocycles. The van der Waals surface area contributed by atoms with Crippen LogP contribution in [0.2, 0.25) is 0 Å². The number of nitrogen functional groups attached to an aromatic ring is 1. The van der Waals surface area contributed by atoms with Crippen LogP contribution in [0.25, 0.3) is 11.3 Å². The standard InChI is InChI=1S/C13H14N4/c1-2-10-8-17-13(15-10)11(14)12(16-17)9-6-4-3-5-7-9/h3-7H,2,8,14H2,1H3. The van der Waals surface area contributed by atoms with Crippen molar-refractivity contribution in [1.82, 2.24) is 9.78 Å². The lowest BCUT2D eigenvalue weighted by Crippen LogP contribution is -2.03. The number of nitrogens with zero attached hydrogens (tertiary/aromatic N) is 3. The number of nitrogens with two attached hydrogens (primary N) is 1. The van der Waals surface area contributed by atoms with E-state index in [1.54, 1.807) is 0 Å². The molecular formula is C13H14N4. The number of benzene rings is 1. The molecule has 86 valence electrons. The Morgan fingerprint density at radius 2 is 2.06 bits per heavy atom. The maximum Gasteiger partial charge on any atom is 0.175 e. The highest BCUT2D eigenvalue weighted by Crippen LogP contribution is 2.35. The lowest BCUT2D eigenvalue weighted by atomic mass is 10.1. The normalized spacial score (nSPS) is 13.6. The highest BCUT2D eigenvalue weighted by atomic mass is 15.4. The maximum atomic E-state index is 6.11. The number of aromatic nitrogens is 2. The minimum Gasteiger partial charge on any atom is -0.394 e. The Balaban J connectivity index is 2.09. The molecule has 0 radical (unpaired) electrons. The average Bonchev–Trinajstić information content (AvgIpc) is 2.90. The van der Waals surface area contributed by atoms with Gasteiger partial charge in [-0.25, -0.2) is 9.67 Å². The SMILES string of the molecule is CCC1=Nc2c(N)c(-c3ccccc3)nn2C1. The van der Waals surface area contributed by atoms with Crippen molar-refractivity contribution in [2.45, 2.75) is 19.9 Å². The third-order valence-electron chi connectivity index (χ3n) is 3.01. The van der Waals surface area contributed by atoms with Crippen molar-refractivity contribution >= 4 is 17.2 Å². The van der Waals surface area contributed by atoms with Crippen LogP contribution in [0.5, 0.6) is 0 Å². The highest BCUT2D eigenvalue weighted by Gasteiger charge is 2.21. The Bertz CT molecular complexity index is 581. The second-order valence-electron chi connectivity index (χ2n) is 4.14. The van der Waals surface area contributed by atoms with E-state index in [2.05, 4.69) is 17.0 Å². The smallest absolute Gasteiger partial charge is 0.175 e. The van der Waals surface area contributed by atoms with E-state index in [1.807, 2.05) is 35.0 Å². The fraction of sp³-hybridized carbons (Fsp3) is 0.231. The summed E-state index contributed by atoms with van der Waals surface area (Å²) in [6, 6.07) is 9.98. The summed E-state index contributed by atoms with van der Waals surface area (Å²) in [6.07, 6.45) is 0.948. The molecule has 17 heavy (non-hydrogen) atoms. The van der Waals surface area contributed by atoms with Crippen LogP contribution < -0.4 is 5.73 Å². The van der Waals surface area contributed by atoms with Crippen LogP contribution in [-0.2, 0) is 6.54 Å². The van der Waals surface area contributed by atoms with Crippen molar-refractivity contribution in [2.24, 2.45) is 4.99 Å². The first-order valence-corrected chi connectivity index (χ1v) is 5.77. The molecule has 0 aliphatic carbocycles. The summed E-state index contributed by atoms with van der Waals surface area (Å²) < 4.78 is 1.89. The molecule has 4 nitrogen and oxygen atoms in total. The first-order chi connectivity index (χ1) is 8.29. The summed E-state index contributed by atoms with van der Waals surface area (Å²) >= 11 is 0. The summed E-state index contributed by atoms with van der Waals surface area (Å²) in [5, 5.41) is 4.54. The van der Waals surface area contributed by atoms with Gasteiger partial charge in [0.05, 0.1) is 6.54 Å². The third kappa shape index (κ3) is 1.53. The molecule has 0 unspecified atom stereocenters. The van der Waals surface area contributed by atoms with Crippen LogP contribution >= 0.6 is 0 Å². The van der Waals surface area contributed by atoms with Crippen molar-refractivity contribution in [1.29, 1.82) is 0 Å². The fourth-order valence-corrected chi connectivity index (χ4v) is 2.05. The van der Waals surface area contributed by atoms with Gasteiger partial charge in [0.15, 0.2) is 5.82 Å². The van der Waals surface area contributed by atoms with Crippen LogP contribution in [0.4, 0.5) is 11.5 Å². The zero-order valence-electron chi connectivity index (χ0n) is 9.72. The highest BCUT2D eigenvalue weighted by molar-refractivity contribution is 5.93. The Morgan fingerprint density at radius 3 is 2.71 bits per heavy atom. The van der Waals surface area contributed by atoms with E-state index in [9.17, 15) is 0 Å². The van der Waals surface area contributed by atoms with Crippen molar-refractivity contribution in [3.63, 3.8) is 0 Å². The molecule has 0 saturated heterocycles. The van der Waals surface area contributed by atoms with Gasteiger partial charge in [-0.2, -0.15) is 5.10 Å². The van der Waals surface area contributed by atoms with E-state index < -0.39 is 0 Å². The zero-order valence-corrected chi connectivity index (χ0v) is 9.72. The van der Waals surface area contributed by atoms with Gasteiger partial charge < -0.3 is 5.73 Å². The van der Waals surface area contributed by atoms with Gasteiger partial charge in [0.1, 0.15) is 11.4 Å². The second kappa shape index (κ2) is 3.73. The molecule has 0 saturated carbocycles. The number of rotatable bonds is 2. The lowest BCUT2D eigenvalue weighted by molar-refractivity contribution is 0.750. The van der Waals surface area contributed by atoms with E-state index in [1.165, 1.54) is 0 Å². The van der Waals surface area contributed by atoms with Crippen molar-refractivity contribution in [3.05, 3.63) is 30.3 Å². The number of aliphatic imine (C=N–C) groups is 1. The minimum atomic E-state index is 0.680. The van der Waals surface area contributed by atoms with Crippen molar-refractivity contribution in [2.75, 3.05) is 5.73 Å². The molecule has 0 fully saturated rings. The van der Waals surface area contributed by atoms with Gasteiger partial charge >= 0.3 is 0 Å². The van der Waals surface area contributed by atoms with Gasteiger partial charge in [-0.05, 0) is 6.42 Å². The average molecular weight is 226 g/mol. The monoisotopic (exact) mass is 226 g/mol. The van der Waals surface area contributed by atoms with Gasteiger partial charge in [-0.1, -0.05) is 37.3 Å². The summed E-state index contributed by atoms with van der Waals surface area (Å²) in [5.41, 5.74) is 9.81. The Kier molecular flexibility index (Phi) is 2.21. The second-order valence-corrected chi connectivity index (χ2v) is 4.14. The third-order valence-corrected chi connectivity index (χ3v) is 3.01. The predicted octanol–water partition coefficient (Wildman–Crippen LogP) is 2.63. The number of fused-ring (bicyclic) bond motifs is 1. The molecule has 1 aliphatic rings.